The summed E-state index contributed by atoms with van der Waals surface area (Å²) in [5, 5.41) is 4.58. The third-order valence-electron chi connectivity index (χ3n) is 11.5. The van der Waals surface area contributed by atoms with Crippen molar-refractivity contribution in [2.45, 2.75) is 58.8 Å². The van der Waals surface area contributed by atoms with Gasteiger partial charge in [-0.1, -0.05) is 126 Å². The lowest BCUT2D eigenvalue weighted by molar-refractivity contribution is 0.661. The molecule has 0 amide bonds. The van der Waals surface area contributed by atoms with E-state index in [-0.39, 0.29) is 5.41 Å². The molecule has 9 rings (SSSR count). The molecule has 0 saturated heterocycles. The second-order valence-corrected chi connectivity index (χ2v) is 15.9. The number of hydrogen-bond acceptors (Lipinski definition) is 4. The smallest absolute Gasteiger partial charge is 0.137 e. The Labute approximate surface area is 324 Å². The zero-order valence-electron chi connectivity index (χ0n) is 32.5. The molecule has 1 aliphatic carbocycles. The van der Waals surface area contributed by atoms with E-state index in [0.29, 0.717) is 11.8 Å². The average Bonchev–Trinajstić information content (AvgIpc) is 3.44. The minimum absolute atomic E-state index is 0.189. The summed E-state index contributed by atoms with van der Waals surface area (Å²) < 4.78 is 0. The standard InChI is InChI=1S/C51H46N4/c1-33(2)35-21-25-37(26-22-35)54(47-19-11-13-29-52-47)49-40-16-7-8-17-41(40)50(55(48-20-12-14-30-53-48)38-27-23-36(24-28-38)34(3)4)44-32-46-42(31-43(44)49)39-15-9-10-18-45(39)51(46,5)6/h7-34H,1-6H3. The minimum atomic E-state index is -0.189. The van der Waals surface area contributed by atoms with Crippen LogP contribution in [0.15, 0.2) is 158 Å². The molecule has 1 aliphatic rings. The second-order valence-electron chi connectivity index (χ2n) is 15.9. The van der Waals surface area contributed by atoms with Crippen LogP contribution in [-0.4, -0.2) is 9.97 Å². The van der Waals surface area contributed by atoms with Gasteiger partial charge in [0.25, 0.3) is 0 Å². The first-order valence-electron chi connectivity index (χ1n) is 19.5. The van der Waals surface area contributed by atoms with Gasteiger partial charge in [-0.05, 0) is 106 Å². The van der Waals surface area contributed by atoms with Gasteiger partial charge < -0.3 is 0 Å². The predicted octanol–water partition coefficient (Wildman–Crippen LogP) is 14.3. The Morgan fingerprint density at radius 1 is 0.436 bits per heavy atom. The molecule has 55 heavy (non-hydrogen) atoms. The zero-order valence-corrected chi connectivity index (χ0v) is 32.5. The molecular weight excluding hydrogens is 669 g/mol. The van der Waals surface area contributed by atoms with Crippen molar-refractivity contribution in [3.05, 3.63) is 180 Å². The summed E-state index contributed by atoms with van der Waals surface area (Å²) in [5.41, 5.74) is 12.0. The van der Waals surface area contributed by atoms with Crippen molar-refractivity contribution in [2.75, 3.05) is 9.80 Å². The van der Waals surface area contributed by atoms with Crippen molar-refractivity contribution in [3.63, 3.8) is 0 Å². The van der Waals surface area contributed by atoms with Gasteiger partial charge in [0.05, 0.1) is 11.4 Å². The van der Waals surface area contributed by atoms with Crippen LogP contribution in [0.4, 0.5) is 34.4 Å². The molecule has 0 aliphatic heterocycles. The number of aromatic nitrogens is 2. The van der Waals surface area contributed by atoms with E-state index >= 15 is 0 Å². The van der Waals surface area contributed by atoms with Crippen molar-refractivity contribution in [3.8, 4) is 11.1 Å². The highest BCUT2D eigenvalue weighted by atomic mass is 15.2. The Balaban J connectivity index is 1.45. The normalized spacial score (nSPS) is 13.0. The molecule has 2 heterocycles. The molecule has 0 unspecified atom stereocenters. The van der Waals surface area contributed by atoms with Gasteiger partial charge in [0, 0.05) is 50.7 Å². The molecule has 0 radical (unpaired) electrons. The molecule has 0 spiro atoms. The molecule has 0 saturated carbocycles. The summed E-state index contributed by atoms with van der Waals surface area (Å²) in [7, 11) is 0. The van der Waals surface area contributed by atoms with Gasteiger partial charge in [-0.2, -0.15) is 0 Å². The van der Waals surface area contributed by atoms with Crippen molar-refractivity contribution in [1.82, 2.24) is 9.97 Å². The van der Waals surface area contributed by atoms with Gasteiger partial charge >= 0.3 is 0 Å². The minimum Gasteiger partial charge on any atom is -0.294 e. The summed E-state index contributed by atoms with van der Waals surface area (Å²) in [6.45, 7) is 13.7. The predicted molar refractivity (Wildman–Crippen MR) is 232 cm³/mol. The van der Waals surface area contributed by atoms with E-state index in [9.17, 15) is 0 Å². The van der Waals surface area contributed by atoms with E-state index in [1.54, 1.807) is 0 Å². The molecule has 0 N–H and O–H groups in total. The van der Waals surface area contributed by atoms with E-state index in [2.05, 4.69) is 185 Å². The van der Waals surface area contributed by atoms with Crippen LogP contribution >= 0.6 is 0 Å². The Morgan fingerprint density at radius 2 is 0.891 bits per heavy atom. The lowest BCUT2D eigenvalue weighted by Crippen LogP contribution is -2.17. The van der Waals surface area contributed by atoms with Gasteiger partial charge in [0.2, 0.25) is 0 Å². The van der Waals surface area contributed by atoms with Crippen LogP contribution in [0.25, 0.3) is 32.7 Å². The van der Waals surface area contributed by atoms with Crippen LogP contribution in [0, 0.1) is 0 Å². The molecule has 4 heteroatoms. The number of hydrogen-bond donors (Lipinski definition) is 0. The van der Waals surface area contributed by atoms with Crippen molar-refractivity contribution in [1.29, 1.82) is 0 Å². The topological polar surface area (TPSA) is 32.3 Å². The van der Waals surface area contributed by atoms with Crippen LogP contribution in [0.1, 0.15) is 75.6 Å². The highest BCUT2D eigenvalue weighted by molar-refractivity contribution is 6.24. The third kappa shape index (κ3) is 5.75. The molecule has 0 atom stereocenters. The molecule has 0 fully saturated rings. The van der Waals surface area contributed by atoms with Crippen LogP contribution in [0.5, 0.6) is 0 Å². The first-order valence-corrected chi connectivity index (χ1v) is 19.5. The molecule has 0 bridgehead atoms. The van der Waals surface area contributed by atoms with Crippen LogP contribution in [-0.2, 0) is 5.41 Å². The van der Waals surface area contributed by atoms with Crippen molar-refractivity contribution in [2.24, 2.45) is 0 Å². The fourth-order valence-electron chi connectivity index (χ4n) is 8.55. The third-order valence-corrected chi connectivity index (χ3v) is 11.5. The lowest BCUT2D eigenvalue weighted by atomic mass is 9.81. The maximum Gasteiger partial charge on any atom is 0.137 e. The van der Waals surface area contributed by atoms with Crippen LogP contribution in [0.2, 0.25) is 0 Å². The number of benzene rings is 6. The monoisotopic (exact) mass is 714 g/mol. The Kier molecular flexibility index (Phi) is 8.50. The summed E-state index contributed by atoms with van der Waals surface area (Å²) in [6.07, 6.45) is 3.79. The first kappa shape index (κ1) is 34.5. The molecule has 8 aromatic rings. The Hall–Kier alpha value is -6.26. The summed E-state index contributed by atoms with van der Waals surface area (Å²) in [4.78, 5) is 14.8. The van der Waals surface area contributed by atoms with Gasteiger partial charge in [-0.3, -0.25) is 9.80 Å². The number of pyridine rings is 2. The van der Waals surface area contributed by atoms with Gasteiger partial charge in [0.1, 0.15) is 11.6 Å². The SMILES string of the molecule is CC(C)c1ccc(N(c2ccccn2)c2c3ccccc3c(N(c3ccc(C(C)C)cc3)c3ccccn3)c3cc4c(cc23)-c2ccccc2C4(C)C)cc1. The number of anilines is 6. The maximum absolute atomic E-state index is 5.02. The highest BCUT2D eigenvalue weighted by Crippen LogP contribution is 2.56. The fourth-order valence-corrected chi connectivity index (χ4v) is 8.55. The number of fused-ring (bicyclic) bond motifs is 5. The van der Waals surface area contributed by atoms with E-state index in [4.69, 9.17) is 9.97 Å². The van der Waals surface area contributed by atoms with Crippen molar-refractivity contribution < 1.29 is 0 Å². The second kappa shape index (κ2) is 13.5. The Bertz CT molecular complexity index is 2660. The highest BCUT2D eigenvalue weighted by Gasteiger charge is 2.37. The van der Waals surface area contributed by atoms with Gasteiger partial charge in [-0.15, -0.1) is 0 Å². The summed E-state index contributed by atoms with van der Waals surface area (Å²) in [5.74, 6) is 2.59. The van der Waals surface area contributed by atoms with Gasteiger partial charge in [-0.25, -0.2) is 9.97 Å². The largest absolute Gasteiger partial charge is 0.294 e. The van der Waals surface area contributed by atoms with E-state index in [1.807, 2.05) is 24.5 Å². The van der Waals surface area contributed by atoms with E-state index < -0.39 is 0 Å². The Morgan fingerprint density at radius 3 is 1.36 bits per heavy atom. The van der Waals surface area contributed by atoms with E-state index in [1.165, 1.54) is 33.4 Å². The zero-order chi connectivity index (χ0) is 37.8. The fraction of sp³-hybridized carbons (Fsp3) is 0.176. The molecule has 2 aromatic heterocycles. The summed E-state index contributed by atoms with van der Waals surface area (Å²) >= 11 is 0. The number of rotatable bonds is 8. The lowest BCUT2D eigenvalue weighted by Gasteiger charge is -2.33. The molecule has 4 nitrogen and oxygen atoms in total. The quantitative estimate of drug-likeness (QED) is 0.116. The molecule has 270 valence electrons. The van der Waals surface area contributed by atoms with Crippen molar-refractivity contribution >= 4 is 55.9 Å². The number of nitrogens with zero attached hydrogens (tertiary/aromatic N) is 4. The first-order chi connectivity index (χ1) is 26.7. The summed E-state index contributed by atoms with van der Waals surface area (Å²) in [6, 6.07) is 53.2. The molecule has 6 aromatic carbocycles. The van der Waals surface area contributed by atoms with Gasteiger partial charge in [0.15, 0.2) is 0 Å². The maximum atomic E-state index is 5.02. The van der Waals surface area contributed by atoms with Crippen LogP contribution in [0.3, 0.4) is 0 Å². The van der Waals surface area contributed by atoms with E-state index in [0.717, 1.165) is 55.9 Å². The van der Waals surface area contributed by atoms with Crippen LogP contribution < -0.4 is 9.80 Å². The molecular formula is C51H46N4. The average molecular weight is 715 g/mol.